The Labute approximate surface area is 256 Å². The average molecular weight is 661 g/mol. The number of rotatable bonds is 7. The minimum atomic E-state index is -0.596. The van der Waals surface area contributed by atoms with Gasteiger partial charge in [-0.3, -0.25) is 14.2 Å². The van der Waals surface area contributed by atoms with Crippen LogP contribution in [0.25, 0.3) is 6.08 Å². The third-order valence-corrected chi connectivity index (χ3v) is 9.20. The van der Waals surface area contributed by atoms with E-state index in [-0.39, 0.29) is 17.3 Å². The van der Waals surface area contributed by atoms with Crippen LogP contribution in [0.1, 0.15) is 29.0 Å². The molecule has 1 aliphatic rings. The van der Waals surface area contributed by atoms with Crippen molar-refractivity contribution < 1.29 is 13.9 Å². The predicted octanol–water partition coefficient (Wildman–Crippen LogP) is 6.42. The van der Waals surface area contributed by atoms with Crippen molar-refractivity contribution in [2.45, 2.75) is 19.6 Å². The fourth-order valence-electron chi connectivity index (χ4n) is 4.66. The van der Waals surface area contributed by atoms with Gasteiger partial charge in [0.1, 0.15) is 24.2 Å². The third-order valence-electron chi connectivity index (χ3n) is 6.67. The van der Waals surface area contributed by atoms with E-state index >= 15 is 0 Å². The van der Waals surface area contributed by atoms with Crippen LogP contribution in [0.5, 0.6) is 5.75 Å². The summed E-state index contributed by atoms with van der Waals surface area (Å²) in [6.07, 6.45) is 1.81. The van der Waals surface area contributed by atoms with Crippen LogP contribution in [0.15, 0.2) is 116 Å². The van der Waals surface area contributed by atoms with Gasteiger partial charge in [-0.15, -0.1) is 11.3 Å². The van der Waals surface area contributed by atoms with Crippen LogP contribution in [0.2, 0.25) is 0 Å². The average Bonchev–Trinajstić information content (AvgIpc) is 3.62. The maximum absolute atomic E-state index is 13.9. The van der Waals surface area contributed by atoms with Crippen LogP contribution >= 0.6 is 38.6 Å². The second kappa shape index (κ2) is 12.0. The van der Waals surface area contributed by atoms with E-state index in [2.05, 4.69) is 21.2 Å². The zero-order valence-electron chi connectivity index (χ0n) is 22.2. The Bertz CT molecular complexity index is 1980. The highest BCUT2D eigenvalue weighted by molar-refractivity contribution is 9.10. The van der Waals surface area contributed by atoms with Crippen LogP contribution in [0, 0.1) is 5.82 Å². The maximum atomic E-state index is 13.9. The molecular formula is C32H23BrFN3O3S2. The Hall–Kier alpha value is -4.12. The quantitative estimate of drug-likeness (QED) is 0.219. The Morgan fingerprint density at radius 1 is 1.10 bits per heavy atom. The molecule has 1 N–H and O–H groups in total. The molecule has 10 heteroatoms. The molecule has 0 fully saturated rings. The predicted molar refractivity (Wildman–Crippen MR) is 168 cm³/mol. The molecule has 2 aromatic heterocycles. The Morgan fingerprint density at radius 3 is 2.60 bits per heavy atom. The standard InChI is InChI=1S/C32H23BrFN3O3S2/c1-19-28(30(38)36-23-6-3-2-4-7-23)29(26-8-5-15-41-26)37-31(39)27(42-32(37)35-19)17-21-11-14-25(24(33)16-21)40-18-20-9-12-22(34)13-10-20/h2-17,29H,18H2,1H3,(H,36,38)/b27-17-/t29-/m0/s1. The van der Waals surface area contributed by atoms with Gasteiger partial charge in [0.15, 0.2) is 4.80 Å². The summed E-state index contributed by atoms with van der Waals surface area (Å²) in [7, 11) is 0. The molecule has 6 rings (SSSR count). The zero-order valence-corrected chi connectivity index (χ0v) is 25.4. The third kappa shape index (κ3) is 5.78. The lowest BCUT2D eigenvalue weighted by Crippen LogP contribution is -2.40. The highest BCUT2D eigenvalue weighted by Crippen LogP contribution is 2.33. The molecule has 5 aromatic rings. The summed E-state index contributed by atoms with van der Waals surface area (Å²) in [5, 5.41) is 4.89. The van der Waals surface area contributed by atoms with Crippen molar-refractivity contribution in [2.75, 3.05) is 5.32 Å². The van der Waals surface area contributed by atoms with Crippen molar-refractivity contribution in [3.05, 3.63) is 148 Å². The molecule has 210 valence electrons. The monoisotopic (exact) mass is 659 g/mol. The highest BCUT2D eigenvalue weighted by atomic mass is 79.9. The Balaban J connectivity index is 1.33. The fourth-order valence-corrected chi connectivity index (χ4v) is 7.05. The molecule has 0 aliphatic carbocycles. The number of carbonyl (C=O) groups is 1. The molecule has 3 heterocycles. The van der Waals surface area contributed by atoms with Crippen molar-refractivity contribution in [1.82, 2.24) is 4.57 Å². The normalized spacial score (nSPS) is 14.8. The Kier molecular flexibility index (Phi) is 8.01. The van der Waals surface area contributed by atoms with Gasteiger partial charge in [-0.05, 0) is 87.9 Å². The number of amides is 1. The van der Waals surface area contributed by atoms with Gasteiger partial charge in [0.25, 0.3) is 11.5 Å². The first-order valence-electron chi connectivity index (χ1n) is 13.0. The minimum Gasteiger partial charge on any atom is -0.488 e. The largest absolute Gasteiger partial charge is 0.488 e. The van der Waals surface area contributed by atoms with E-state index in [9.17, 15) is 14.0 Å². The molecule has 0 saturated carbocycles. The van der Waals surface area contributed by atoms with Gasteiger partial charge in [-0.1, -0.05) is 53.8 Å². The summed E-state index contributed by atoms with van der Waals surface area (Å²) in [6, 6.07) is 24.2. The van der Waals surface area contributed by atoms with Crippen LogP contribution in [-0.2, 0) is 11.4 Å². The number of ether oxygens (including phenoxy) is 1. The lowest BCUT2D eigenvalue weighted by molar-refractivity contribution is -0.113. The molecular weight excluding hydrogens is 637 g/mol. The number of carbonyl (C=O) groups excluding carboxylic acids is 1. The molecule has 0 saturated heterocycles. The summed E-state index contributed by atoms with van der Waals surface area (Å²) < 4.78 is 21.9. The number of aromatic nitrogens is 1. The molecule has 42 heavy (non-hydrogen) atoms. The summed E-state index contributed by atoms with van der Waals surface area (Å²) in [5.41, 5.74) is 3.10. The molecule has 6 nitrogen and oxygen atoms in total. The molecule has 0 spiro atoms. The number of halogens is 2. The van der Waals surface area contributed by atoms with Crippen molar-refractivity contribution in [3.8, 4) is 5.75 Å². The number of hydrogen-bond acceptors (Lipinski definition) is 6. The van der Waals surface area contributed by atoms with Crippen LogP contribution in [-0.4, -0.2) is 10.5 Å². The highest BCUT2D eigenvalue weighted by Gasteiger charge is 2.33. The molecule has 0 unspecified atom stereocenters. The van der Waals surface area contributed by atoms with E-state index in [1.165, 1.54) is 34.8 Å². The smallest absolute Gasteiger partial charge is 0.271 e. The number of allylic oxidation sites excluding steroid dienone is 1. The first kappa shape index (κ1) is 28.0. The van der Waals surface area contributed by atoms with Crippen molar-refractivity contribution in [2.24, 2.45) is 4.99 Å². The number of para-hydroxylation sites is 1. The van der Waals surface area contributed by atoms with E-state index in [1.54, 1.807) is 23.6 Å². The van der Waals surface area contributed by atoms with E-state index in [1.807, 2.05) is 72.1 Å². The Morgan fingerprint density at radius 2 is 1.88 bits per heavy atom. The first-order chi connectivity index (χ1) is 20.4. The van der Waals surface area contributed by atoms with Crippen LogP contribution in [0.3, 0.4) is 0 Å². The number of nitrogens with one attached hydrogen (secondary N) is 1. The number of thiazole rings is 1. The lowest BCUT2D eigenvalue weighted by atomic mass is 10.0. The molecule has 1 aliphatic heterocycles. The SMILES string of the molecule is CC1=C(C(=O)Nc2ccccc2)[C@H](c2cccs2)n2c(s/c(=C\c3ccc(OCc4ccc(F)cc4)c(Br)c3)c2=O)=N1. The van der Waals surface area contributed by atoms with Gasteiger partial charge >= 0.3 is 0 Å². The van der Waals surface area contributed by atoms with Crippen molar-refractivity contribution in [3.63, 3.8) is 0 Å². The summed E-state index contributed by atoms with van der Waals surface area (Å²) in [4.78, 5) is 33.5. The zero-order chi connectivity index (χ0) is 29.2. The van der Waals surface area contributed by atoms with E-state index in [0.717, 1.165) is 20.5 Å². The molecule has 0 bridgehead atoms. The van der Waals surface area contributed by atoms with Crippen molar-refractivity contribution >= 4 is 56.3 Å². The summed E-state index contributed by atoms with van der Waals surface area (Å²) in [6.45, 7) is 2.10. The van der Waals surface area contributed by atoms with Crippen LogP contribution in [0.4, 0.5) is 10.1 Å². The van der Waals surface area contributed by atoms with Gasteiger partial charge < -0.3 is 10.1 Å². The van der Waals surface area contributed by atoms with E-state index in [0.29, 0.717) is 38.6 Å². The number of anilines is 1. The first-order valence-corrected chi connectivity index (χ1v) is 15.5. The fraction of sp³-hybridized carbons (Fsp3) is 0.0938. The number of benzene rings is 3. The van der Waals surface area contributed by atoms with E-state index in [4.69, 9.17) is 9.73 Å². The number of thiophene rings is 1. The number of fused-ring (bicyclic) bond motifs is 1. The summed E-state index contributed by atoms with van der Waals surface area (Å²) >= 11 is 6.34. The lowest BCUT2D eigenvalue weighted by Gasteiger charge is -2.24. The van der Waals surface area contributed by atoms with Crippen molar-refractivity contribution in [1.29, 1.82) is 0 Å². The molecule has 3 aromatic carbocycles. The number of hydrogen-bond donors (Lipinski definition) is 1. The topological polar surface area (TPSA) is 72.7 Å². The maximum Gasteiger partial charge on any atom is 0.271 e. The minimum absolute atomic E-state index is 0.220. The van der Waals surface area contributed by atoms with Crippen LogP contribution < -0.4 is 24.9 Å². The summed E-state index contributed by atoms with van der Waals surface area (Å²) in [5.74, 6) is 0.0359. The van der Waals surface area contributed by atoms with Gasteiger partial charge in [0, 0.05) is 10.6 Å². The van der Waals surface area contributed by atoms with E-state index < -0.39 is 6.04 Å². The van der Waals surface area contributed by atoms with Gasteiger partial charge in [0.05, 0.1) is 20.3 Å². The molecule has 0 radical (unpaired) electrons. The second-order valence-corrected chi connectivity index (χ2v) is 12.4. The molecule has 1 atom stereocenters. The number of nitrogens with zero attached hydrogens (tertiary/aromatic N) is 2. The molecule has 1 amide bonds. The second-order valence-electron chi connectivity index (χ2n) is 9.52. The van der Waals surface area contributed by atoms with Gasteiger partial charge in [-0.25, -0.2) is 9.38 Å². The van der Waals surface area contributed by atoms with Gasteiger partial charge in [0.2, 0.25) is 0 Å². The van der Waals surface area contributed by atoms with Gasteiger partial charge in [-0.2, -0.15) is 0 Å².